The van der Waals surface area contributed by atoms with Crippen LogP contribution in [-0.4, -0.2) is 26.1 Å². The van der Waals surface area contributed by atoms with Gasteiger partial charge in [-0.25, -0.2) is 0 Å². The van der Waals surface area contributed by atoms with E-state index in [4.69, 9.17) is 5.73 Å². The number of thioether (sulfide) groups is 1. The Morgan fingerprint density at radius 3 is 2.76 bits per heavy atom. The fourth-order valence-electron chi connectivity index (χ4n) is 2.37. The molecule has 5 heteroatoms. The van der Waals surface area contributed by atoms with Crippen LogP contribution in [-0.2, 0) is 7.05 Å². The van der Waals surface area contributed by atoms with Crippen LogP contribution in [0.15, 0.2) is 5.16 Å². The van der Waals surface area contributed by atoms with Crippen LogP contribution in [0.2, 0.25) is 0 Å². The predicted octanol–water partition coefficient (Wildman–Crippen LogP) is 2.12. The highest BCUT2D eigenvalue weighted by Gasteiger charge is 2.29. The monoisotopic (exact) mass is 254 g/mol. The Kier molecular flexibility index (Phi) is 4.09. The van der Waals surface area contributed by atoms with Crippen LogP contribution in [0.3, 0.4) is 0 Å². The quantitative estimate of drug-likeness (QED) is 0.897. The second-order valence-corrected chi connectivity index (χ2v) is 6.20. The molecule has 0 bridgehead atoms. The molecule has 17 heavy (non-hydrogen) atoms. The Hall–Kier alpha value is -0.550. The van der Waals surface area contributed by atoms with E-state index in [9.17, 15) is 0 Å². The van der Waals surface area contributed by atoms with Crippen molar-refractivity contribution in [2.45, 2.75) is 56.0 Å². The number of aromatic nitrogens is 3. The van der Waals surface area contributed by atoms with Gasteiger partial charge in [-0.05, 0) is 32.1 Å². The molecule has 0 aromatic carbocycles. The molecule has 2 rings (SSSR count). The van der Waals surface area contributed by atoms with Gasteiger partial charge < -0.3 is 10.3 Å². The molecule has 1 heterocycles. The maximum Gasteiger partial charge on any atom is 0.191 e. The first-order valence-electron chi connectivity index (χ1n) is 6.40. The summed E-state index contributed by atoms with van der Waals surface area (Å²) in [7, 11) is 2.02. The predicted molar refractivity (Wildman–Crippen MR) is 71.0 cm³/mol. The molecule has 0 saturated heterocycles. The summed E-state index contributed by atoms with van der Waals surface area (Å²) in [6.45, 7) is 4.25. The van der Waals surface area contributed by atoms with Gasteiger partial charge in [-0.3, -0.25) is 0 Å². The first kappa shape index (κ1) is 12.9. The first-order valence-corrected chi connectivity index (χ1v) is 7.28. The average molecular weight is 254 g/mol. The standard InChI is InChI=1S/C12H22N4S/c1-4-9-5-6-10(13)11(7-9)17-12-15-14-8(2)16(12)3/h9-11H,4-7,13H2,1-3H3. The summed E-state index contributed by atoms with van der Waals surface area (Å²) < 4.78 is 2.05. The van der Waals surface area contributed by atoms with E-state index in [-0.39, 0.29) is 0 Å². The summed E-state index contributed by atoms with van der Waals surface area (Å²) in [5, 5.41) is 9.81. The molecular weight excluding hydrogens is 232 g/mol. The van der Waals surface area contributed by atoms with Gasteiger partial charge in [0, 0.05) is 18.3 Å². The Morgan fingerprint density at radius 2 is 2.18 bits per heavy atom. The van der Waals surface area contributed by atoms with Gasteiger partial charge in [-0.1, -0.05) is 25.1 Å². The SMILES string of the molecule is CCC1CCC(N)C(Sc2nnc(C)n2C)C1. The number of nitrogens with zero attached hydrogens (tertiary/aromatic N) is 3. The van der Waals surface area contributed by atoms with Crippen LogP contribution >= 0.6 is 11.8 Å². The highest BCUT2D eigenvalue weighted by atomic mass is 32.2. The van der Waals surface area contributed by atoms with E-state index >= 15 is 0 Å². The summed E-state index contributed by atoms with van der Waals surface area (Å²) in [6.07, 6.45) is 4.91. The smallest absolute Gasteiger partial charge is 0.191 e. The molecule has 3 unspecified atom stereocenters. The minimum atomic E-state index is 0.305. The van der Waals surface area contributed by atoms with Crippen molar-refractivity contribution in [1.82, 2.24) is 14.8 Å². The third-order valence-corrected chi connectivity index (χ3v) is 5.25. The van der Waals surface area contributed by atoms with Gasteiger partial charge in [0.2, 0.25) is 0 Å². The number of aryl methyl sites for hydroxylation is 1. The fraction of sp³-hybridized carbons (Fsp3) is 0.833. The third kappa shape index (κ3) is 2.83. The van der Waals surface area contributed by atoms with Crippen LogP contribution < -0.4 is 5.73 Å². The van der Waals surface area contributed by atoms with E-state index in [0.717, 1.165) is 23.3 Å². The molecule has 0 radical (unpaired) electrons. The maximum atomic E-state index is 6.22. The van der Waals surface area contributed by atoms with Crippen LogP contribution in [0.1, 0.15) is 38.4 Å². The lowest BCUT2D eigenvalue weighted by Crippen LogP contribution is -2.38. The minimum absolute atomic E-state index is 0.305. The Morgan fingerprint density at radius 1 is 1.41 bits per heavy atom. The van der Waals surface area contributed by atoms with Gasteiger partial charge >= 0.3 is 0 Å². The van der Waals surface area contributed by atoms with Gasteiger partial charge in [0.1, 0.15) is 5.82 Å². The van der Waals surface area contributed by atoms with Crippen molar-refractivity contribution >= 4 is 11.8 Å². The lowest BCUT2D eigenvalue weighted by atomic mass is 9.84. The lowest BCUT2D eigenvalue weighted by Gasteiger charge is -2.32. The molecule has 0 spiro atoms. The normalized spacial score (nSPS) is 29.5. The van der Waals surface area contributed by atoms with E-state index in [1.165, 1.54) is 19.3 Å². The first-order chi connectivity index (χ1) is 8.11. The van der Waals surface area contributed by atoms with E-state index < -0.39 is 0 Å². The van der Waals surface area contributed by atoms with Crippen molar-refractivity contribution in [3.8, 4) is 0 Å². The summed E-state index contributed by atoms with van der Waals surface area (Å²) in [5.74, 6) is 1.80. The lowest BCUT2D eigenvalue weighted by molar-refractivity contribution is 0.327. The van der Waals surface area contributed by atoms with Crippen LogP contribution in [0.5, 0.6) is 0 Å². The van der Waals surface area contributed by atoms with Crippen molar-refractivity contribution in [3.05, 3.63) is 5.82 Å². The van der Waals surface area contributed by atoms with Gasteiger partial charge in [0.15, 0.2) is 5.16 Å². The van der Waals surface area contributed by atoms with Crippen molar-refractivity contribution in [1.29, 1.82) is 0 Å². The molecule has 1 saturated carbocycles. The molecule has 3 atom stereocenters. The molecule has 1 aliphatic carbocycles. The van der Waals surface area contributed by atoms with E-state index in [0.29, 0.717) is 11.3 Å². The van der Waals surface area contributed by atoms with Crippen molar-refractivity contribution in [3.63, 3.8) is 0 Å². The highest BCUT2D eigenvalue weighted by Crippen LogP contribution is 2.36. The molecule has 0 aliphatic heterocycles. The van der Waals surface area contributed by atoms with Gasteiger partial charge in [-0.2, -0.15) is 0 Å². The second-order valence-electron chi connectivity index (χ2n) is 5.00. The topological polar surface area (TPSA) is 56.7 Å². The van der Waals surface area contributed by atoms with Gasteiger partial charge in [0.25, 0.3) is 0 Å². The highest BCUT2D eigenvalue weighted by molar-refractivity contribution is 7.99. The number of nitrogens with two attached hydrogens (primary N) is 1. The zero-order chi connectivity index (χ0) is 12.4. The molecule has 2 N–H and O–H groups in total. The summed E-state index contributed by atoms with van der Waals surface area (Å²) in [4.78, 5) is 0. The Balaban J connectivity index is 2.04. The summed E-state index contributed by atoms with van der Waals surface area (Å²) in [5.41, 5.74) is 6.22. The molecule has 1 aromatic heterocycles. The molecule has 1 aliphatic rings. The zero-order valence-corrected chi connectivity index (χ0v) is 11.7. The minimum Gasteiger partial charge on any atom is -0.327 e. The number of hydrogen-bond donors (Lipinski definition) is 1. The van der Waals surface area contributed by atoms with Crippen molar-refractivity contribution in [2.75, 3.05) is 0 Å². The number of rotatable bonds is 3. The second kappa shape index (κ2) is 5.40. The Labute approximate surface area is 107 Å². The molecule has 4 nitrogen and oxygen atoms in total. The van der Waals surface area contributed by atoms with Crippen molar-refractivity contribution in [2.24, 2.45) is 18.7 Å². The summed E-state index contributed by atoms with van der Waals surface area (Å²) >= 11 is 1.80. The fourth-order valence-corrected chi connectivity index (χ4v) is 3.70. The molecular formula is C12H22N4S. The summed E-state index contributed by atoms with van der Waals surface area (Å²) in [6, 6.07) is 0.305. The van der Waals surface area contributed by atoms with Crippen LogP contribution in [0, 0.1) is 12.8 Å². The third-order valence-electron chi connectivity index (χ3n) is 3.84. The maximum absolute atomic E-state index is 6.22. The number of hydrogen-bond acceptors (Lipinski definition) is 4. The van der Waals surface area contributed by atoms with E-state index in [1.54, 1.807) is 11.8 Å². The zero-order valence-electron chi connectivity index (χ0n) is 10.9. The van der Waals surface area contributed by atoms with Gasteiger partial charge in [-0.15, -0.1) is 10.2 Å². The van der Waals surface area contributed by atoms with Gasteiger partial charge in [0.05, 0.1) is 0 Å². The molecule has 1 fully saturated rings. The largest absolute Gasteiger partial charge is 0.327 e. The molecule has 96 valence electrons. The van der Waals surface area contributed by atoms with Crippen LogP contribution in [0.4, 0.5) is 0 Å². The van der Waals surface area contributed by atoms with E-state index in [2.05, 4.69) is 17.1 Å². The Bertz CT molecular complexity index is 377. The van der Waals surface area contributed by atoms with E-state index in [1.807, 2.05) is 18.5 Å². The van der Waals surface area contributed by atoms with Crippen LogP contribution in [0.25, 0.3) is 0 Å². The average Bonchev–Trinajstić information content (AvgIpc) is 2.64. The van der Waals surface area contributed by atoms with Crippen molar-refractivity contribution < 1.29 is 0 Å². The molecule has 0 amide bonds. The molecule has 1 aromatic rings.